The quantitative estimate of drug-likeness (QED) is 0.907. The first-order valence-electron chi connectivity index (χ1n) is 6.60. The highest BCUT2D eigenvalue weighted by atomic mass is 32.1. The van der Waals surface area contributed by atoms with E-state index < -0.39 is 11.9 Å². The second-order valence-electron chi connectivity index (χ2n) is 5.09. The maximum absolute atomic E-state index is 11.4. The van der Waals surface area contributed by atoms with Crippen molar-refractivity contribution in [1.29, 1.82) is 0 Å². The van der Waals surface area contributed by atoms with Crippen molar-refractivity contribution in [1.82, 2.24) is 10.3 Å². The molecule has 20 heavy (non-hydrogen) atoms. The number of carboxylic acids is 1. The molecule has 0 spiro atoms. The third-order valence-corrected chi connectivity index (χ3v) is 4.66. The maximum atomic E-state index is 11.4. The fraction of sp³-hybridized carbons (Fsp3) is 0.333. The molecule has 1 aromatic heterocycles. The van der Waals surface area contributed by atoms with Crippen LogP contribution in [0.5, 0.6) is 0 Å². The predicted octanol–water partition coefficient (Wildman–Crippen LogP) is 2.54. The molecule has 0 aliphatic heterocycles. The van der Waals surface area contributed by atoms with Crippen LogP contribution in [0.15, 0.2) is 29.6 Å². The van der Waals surface area contributed by atoms with E-state index in [9.17, 15) is 9.90 Å². The number of hydrogen-bond donors (Lipinski definition) is 2. The number of aromatic nitrogens is 1. The highest BCUT2D eigenvalue weighted by Gasteiger charge is 2.36. The summed E-state index contributed by atoms with van der Waals surface area (Å²) in [4.78, 5) is 15.8. The van der Waals surface area contributed by atoms with Gasteiger partial charge in [0.05, 0.1) is 5.92 Å². The van der Waals surface area contributed by atoms with Crippen molar-refractivity contribution in [3.8, 4) is 0 Å². The van der Waals surface area contributed by atoms with Crippen molar-refractivity contribution >= 4 is 17.3 Å². The van der Waals surface area contributed by atoms with Gasteiger partial charge in [-0.05, 0) is 24.5 Å². The van der Waals surface area contributed by atoms with Crippen LogP contribution in [0.4, 0.5) is 0 Å². The van der Waals surface area contributed by atoms with Crippen LogP contribution < -0.4 is 5.32 Å². The minimum atomic E-state index is -0.742. The second kappa shape index (κ2) is 5.34. The molecule has 0 saturated carbocycles. The topological polar surface area (TPSA) is 62.2 Å². The summed E-state index contributed by atoms with van der Waals surface area (Å²) < 4.78 is 0. The van der Waals surface area contributed by atoms with Gasteiger partial charge in [0.1, 0.15) is 5.01 Å². The second-order valence-corrected chi connectivity index (χ2v) is 6.03. The average Bonchev–Trinajstić information content (AvgIpc) is 3.00. The summed E-state index contributed by atoms with van der Waals surface area (Å²) >= 11 is 1.60. The summed E-state index contributed by atoms with van der Waals surface area (Å²) in [6.45, 7) is 2.58. The molecule has 0 unspecified atom stereocenters. The number of aryl methyl sites for hydroxylation is 1. The Morgan fingerprint density at radius 2 is 2.30 bits per heavy atom. The van der Waals surface area contributed by atoms with Crippen molar-refractivity contribution in [3.63, 3.8) is 0 Å². The van der Waals surface area contributed by atoms with Crippen LogP contribution in [0, 0.1) is 12.8 Å². The fourth-order valence-electron chi connectivity index (χ4n) is 2.76. The van der Waals surface area contributed by atoms with Gasteiger partial charge >= 0.3 is 5.97 Å². The van der Waals surface area contributed by atoms with E-state index in [0.717, 1.165) is 21.8 Å². The van der Waals surface area contributed by atoms with Crippen molar-refractivity contribution in [3.05, 3.63) is 51.5 Å². The third-order valence-electron chi connectivity index (χ3n) is 3.69. The van der Waals surface area contributed by atoms with Gasteiger partial charge < -0.3 is 10.4 Å². The SMILES string of the molecule is Cc1csc(CN[C@H]2c3ccccc3C[C@H]2C(=O)O)n1. The Morgan fingerprint density at radius 1 is 1.50 bits per heavy atom. The van der Waals surface area contributed by atoms with E-state index in [2.05, 4.69) is 10.3 Å². The average molecular weight is 288 g/mol. The first-order chi connectivity index (χ1) is 9.65. The van der Waals surface area contributed by atoms with Crippen LogP contribution in [0.25, 0.3) is 0 Å². The molecule has 4 nitrogen and oxygen atoms in total. The van der Waals surface area contributed by atoms with Crippen molar-refractivity contribution < 1.29 is 9.90 Å². The standard InChI is InChI=1S/C15H16N2O2S/c1-9-8-20-13(17-9)7-16-14-11-5-3-2-4-10(11)6-12(14)15(18)19/h2-5,8,12,14,16H,6-7H2,1H3,(H,18,19)/t12-,14+/m1/s1. The molecule has 0 radical (unpaired) electrons. The summed E-state index contributed by atoms with van der Waals surface area (Å²) in [6, 6.07) is 7.83. The first-order valence-corrected chi connectivity index (χ1v) is 7.48. The minimum Gasteiger partial charge on any atom is -0.481 e. The number of hydrogen-bond acceptors (Lipinski definition) is 4. The van der Waals surface area contributed by atoms with Crippen LogP contribution in [0.3, 0.4) is 0 Å². The van der Waals surface area contributed by atoms with Gasteiger partial charge in [0.2, 0.25) is 0 Å². The van der Waals surface area contributed by atoms with Crippen molar-refractivity contribution in [2.45, 2.75) is 25.9 Å². The smallest absolute Gasteiger partial charge is 0.308 e. The molecular weight excluding hydrogens is 272 g/mol. The first kappa shape index (κ1) is 13.3. The molecular formula is C15H16N2O2S. The number of carbonyl (C=O) groups is 1. The molecule has 1 aliphatic carbocycles. The summed E-state index contributed by atoms with van der Waals surface area (Å²) in [5.74, 6) is -1.14. The summed E-state index contributed by atoms with van der Waals surface area (Å²) in [6.07, 6.45) is 0.597. The Bertz CT molecular complexity index is 638. The number of thiazole rings is 1. The largest absolute Gasteiger partial charge is 0.481 e. The fourth-order valence-corrected chi connectivity index (χ4v) is 3.48. The Kier molecular flexibility index (Phi) is 3.54. The lowest BCUT2D eigenvalue weighted by molar-refractivity contribution is -0.142. The van der Waals surface area contributed by atoms with E-state index in [1.165, 1.54) is 0 Å². The zero-order valence-electron chi connectivity index (χ0n) is 11.2. The molecule has 2 atom stereocenters. The van der Waals surface area contributed by atoms with Gasteiger partial charge in [0.25, 0.3) is 0 Å². The summed E-state index contributed by atoms with van der Waals surface area (Å²) in [5, 5.41) is 15.8. The number of fused-ring (bicyclic) bond motifs is 1. The van der Waals surface area contributed by atoms with Crippen molar-refractivity contribution in [2.24, 2.45) is 5.92 Å². The number of benzene rings is 1. The third kappa shape index (κ3) is 2.46. The van der Waals surface area contributed by atoms with E-state index in [4.69, 9.17) is 0 Å². The van der Waals surface area contributed by atoms with Gasteiger partial charge in [0.15, 0.2) is 0 Å². The van der Waals surface area contributed by atoms with Gasteiger partial charge in [0, 0.05) is 23.7 Å². The lowest BCUT2D eigenvalue weighted by Gasteiger charge is -2.18. The minimum absolute atomic E-state index is 0.132. The molecule has 104 valence electrons. The Balaban J connectivity index is 1.80. The summed E-state index contributed by atoms with van der Waals surface area (Å²) in [5.41, 5.74) is 3.24. The molecule has 2 N–H and O–H groups in total. The van der Waals surface area contributed by atoms with E-state index in [1.54, 1.807) is 11.3 Å². The number of carboxylic acid groups (broad SMARTS) is 1. The van der Waals surface area contributed by atoms with Gasteiger partial charge in [-0.25, -0.2) is 4.98 Å². The highest BCUT2D eigenvalue weighted by molar-refractivity contribution is 7.09. The molecule has 5 heteroatoms. The van der Waals surface area contributed by atoms with Crippen LogP contribution in [-0.4, -0.2) is 16.1 Å². The molecule has 3 rings (SSSR count). The lowest BCUT2D eigenvalue weighted by Crippen LogP contribution is -2.29. The van der Waals surface area contributed by atoms with Crippen LogP contribution >= 0.6 is 11.3 Å². The van der Waals surface area contributed by atoms with E-state index in [0.29, 0.717) is 13.0 Å². The Hall–Kier alpha value is -1.72. The normalized spacial score (nSPS) is 20.9. The monoisotopic (exact) mass is 288 g/mol. The van der Waals surface area contributed by atoms with E-state index in [1.807, 2.05) is 36.6 Å². The molecule has 0 fully saturated rings. The van der Waals surface area contributed by atoms with Crippen LogP contribution in [0.2, 0.25) is 0 Å². The molecule has 2 aromatic rings. The van der Waals surface area contributed by atoms with Crippen molar-refractivity contribution in [2.75, 3.05) is 0 Å². The Morgan fingerprint density at radius 3 is 3.00 bits per heavy atom. The zero-order valence-corrected chi connectivity index (χ0v) is 12.0. The molecule has 0 amide bonds. The highest BCUT2D eigenvalue weighted by Crippen LogP contribution is 2.36. The number of aliphatic carboxylic acids is 1. The number of rotatable bonds is 4. The van der Waals surface area contributed by atoms with Gasteiger partial charge in [-0.2, -0.15) is 0 Å². The van der Waals surface area contributed by atoms with Gasteiger partial charge in [-0.15, -0.1) is 11.3 Å². The van der Waals surface area contributed by atoms with Crippen LogP contribution in [0.1, 0.15) is 27.9 Å². The lowest BCUT2D eigenvalue weighted by atomic mass is 10.0. The molecule has 1 aromatic carbocycles. The Labute approximate surface area is 121 Å². The van der Waals surface area contributed by atoms with E-state index in [-0.39, 0.29) is 6.04 Å². The van der Waals surface area contributed by atoms with Gasteiger partial charge in [-0.3, -0.25) is 4.79 Å². The molecule has 0 saturated heterocycles. The number of nitrogens with zero attached hydrogens (tertiary/aromatic N) is 1. The number of nitrogens with one attached hydrogen (secondary N) is 1. The van der Waals surface area contributed by atoms with Crippen LogP contribution in [-0.2, 0) is 17.8 Å². The van der Waals surface area contributed by atoms with Gasteiger partial charge in [-0.1, -0.05) is 24.3 Å². The molecule has 0 bridgehead atoms. The predicted molar refractivity (Wildman–Crippen MR) is 77.7 cm³/mol. The van der Waals surface area contributed by atoms with E-state index >= 15 is 0 Å². The molecule has 1 heterocycles. The summed E-state index contributed by atoms with van der Waals surface area (Å²) in [7, 11) is 0. The molecule has 1 aliphatic rings. The zero-order chi connectivity index (χ0) is 14.1. The maximum Gasteiger partial charge on any atom is 0.308 e.